The Morgan fingerprint density at radius 3 is 3.06 bits per heavy atom. The van der Waals surface area contributed by atoms with Crippen LogP contribution in [0.4, 0.5) is 0 Å². The predicted octanol–water partition coefficient (Wildman–Crippen LogP) is 3.79. The Bertz CT molecular complexity index is 351. The van der Waals surface area contributed by atoms with Crippen LogP contribution in [0.1, 0.15) is 18.4 Å². The van der Waals surface area contributed by atoms with E-state index in [1.807, 2.05) is 18.2 Å². The fraction of sp³-hybridized carbons (Fsp3) is 0.500. The van der Waals surface area contributed by atoms with Crippen LogP contribution in [0.2, 0.25) is 5.02 Å². The van der Waals surface area contributed by atoms with Gasteiger partial charge in [0.25, 0.3) is 0 Å². The van der Waals surface area contributed by atoms with E-state index in [-0.39, 0.29) is 6.10 Å². The number of ether oxygens (including phenoxy) is 2. The summed E-state index contributed by atoms with van der Waals surface area (Å²) in [4.78, 5) is 0. The molecule has 1 saturated heterocycles. The monoisotopic (exact) mass is 304 g/mol. The first-order valence-electron chi connectivity index (χ1n) is 5.39. The molecule has 0 aliphatic carbocycles. The Kier molecular flexibility index (Phi) is 4.50. The van der Waals surface area contributed by atoms with Crippen LogP contribution in [0, 0.1) is 0 Å². The number of benzene rings is 1. The minimum atomic E-state index is 0.238. The van der Waals surface area contributed by atoms with Crippen molar-refractivity contribution in [1.82, 2.24) is 0 Å². The second-order valence-electron chi connectivity index (χ2n) is 3.80. The van der Waals surface area contributed by atoms with Crippen LogP contribution in [0.5, 0.6) is 5.75 Å². The van der Waals surface area contributed by atoms with Crippen LogP contribution < -0.4 is 4.74 Å². The van der Waals surface area contributed by atoms with Crippen molar-refractivity contribution < 1.29 is 9.47 Å². The third-order valence-electron chi connectivity index (χ3n) is 2.66. The minimum Gasteiger partial charge on any atom is -0.491 e. The smallest absolute Gasteiger partial charge is 0.124 e. The highest BCUT2D eigenvalue weighted by Gasteiger charge is 2.17. The van der Waals surface area contributed by atoms with Gasteiger partial charge in [0.05, 0.1) is 6.10 Å². The van der Waals surface area contributed by atoms with Crippen molar-refractivity contribution in [2.24, 2.45) is 0 Å². The zero-order chi connectivity index (χ0) is 11.4. The molecule has 0 saturated carbocycles. The number of hydrogen-bond acceptors (Lipinski definition) is 2. The highest BCUT2D eigenvalue weighted by atomic mass is 79.9. The summed E-state index contributed by atoms with van der Waals surface area (Å²) >= 11 is 9.50. The SMILES string of the molecule is Clc1cccc(OCC2CCCO2)c1CBr. The first-order valence-corrected chi connectivity index (χ1v) is 6.89. The quantitative estimate of drug-likeness (QED) is 0.788. The highest BCUT2D eigenvalue weighted by molar-refractivity contribution is 9.08. The van der Waals surface area contributed by atoms with Gasteiger partial charge < -0.3 is 9.47 Å². The molecular formula is C12H14BrClO2. The van der Waals surface area contributed by atoms with E-state index in [0.29, 0.717) is 11.9 Å². The largest absolute Gasteiger partial charge is 0.491 e. The van der Waals surface area contributed by atoms with E-state index in [4.69, 9.17) is 21.1 Å². The number of rotatable bonds is 4. The molecule has 1 aromatic carbocycles. The molecule has 0 amide bonds. The Labute approximate surface area is 109 Å². The molecule has 4 heteroatoms. The van der Waals surface area contributed by atoms with Gasteiger partial charge in [0, 0.05) is 22.5 Å². The maximum absolute atomic E-state index is 6.08. The van der Waals surface area contributed by atoms with Crippen molar-refractivity contribution >= 4 is 27.5 Å². The molecule has 0 aromatic heterocycles. The van der Waals surface area contributed by atoms with Crippen molar-refractivity contribution in [3.05, 3.63) is 28.8 Å². The van der Waals surface area contributed by atoms with Gasteiger partial charge in [-0.25, -0.2) is 0 Å². The highest BCUT2D eigenvalue weighted by Crippen LogP contribution is 2.29. The first kappa shape index (κ1) is 12.2. The predicted molar refractivity (Wildman–Crippen MR) is 68.6 cm³/mol. The summed E-state index contributed by atoms with van der Waals surface area (Å²) in [5, 5.41) is 1.44. The molecule has 2 nitrogen and oxygen atoms in total. The van der Waals surface area contributed by atoms with E-state index in [9.17, 15) is 0 Å². The molecule has 0 N–H and O–H groups in total. The molecule has 1 unspecified atom stereocenters. The fourth-order valence-electron chi connectivity index (χ4n) is 1.76. The van der Waals surface area contributed by atoms with Gasteiger partial charge in [0.1, 0.15) is 12.4 Å². The molecule has 1 fully saturated rings. The maximum Gasteiger partial charge on any atom is 0.124 e. The van der Waals surface area contributed by atoms with Crippen molar-refractivity contribution in [2.45, 2.75) is 24.3 Å². The molecular weight excluding hydrogens is 291 g/mol. The van der Waals surface area contributed by atoms with Gasteiger partial charge in [-0.05, 0) is 25.0 Å². The van der Waals surface area contributed by atoms with Gasteiger partial charge in [-0.1, -0.05) is 33.6 Å². The second kappa shape index (κ2) is 5.89. The average Bonchev–Trinajstić information content (AvgIpc) is 2.79. The van der Waals surface area contributed by atoms with Gasteiger partial charge in [-0.3, -0.25) is 0 Å². The summed E-state index contributed by atoms with van der Waals surface area (Å²) < 4.78 is 11.3. The molecule has 88 valence electrons. The van der Waals surface area contributed by atoms with E-state index in [1.54, 1.807) is 0 Å². The van der Waals surface area contributed by atoms with E-state index < -0.39 is 0 Å². The third-order valence-corrected chi connectivity index (χ3v) is 3.57. The zero-order valence-corrected chi connectivity index (χ0v) is 11.3. The summed E-state index contributed by atoms with van der Waals surface area (Å²) in [6.45, 7) is 1.47. The molecule has 16 heavy (non-hydrogen) atoms. The summed E-state index contributed by atoms with van der Waals surface area (Å²) in [5.74, 6) is 0.847. The Morgan fingerprint density at radius 2 is 2.38 bits per heavy atom. The molecule has 1 heterocycles. The first-order chi connectivity index (χ1) is 7.81. The van der Waals surface area contributed by atoms with Crippen molar-refractivity contribution in [3.8, 4) is 5.75 Å². The number of hydrogen-bond donors (Lipinski definition) is 0. The summed E-state index contributed by atoms with van der Waals surface area (Å²) in [6.07, 6.45) is 2.46. The zero-order valence-electron chi connectivity index (χ0n) is 8.92. The van der Waals surface area contributed by atoms with Gasteiger partial charge in [-0.15, -0.1) is 0 Å². The van der Waals surface area contributed by atoms with E-state index in [1.165, 1.54) is 0 Å². The molecule has 0 spiro atoms. The molecule has 0 bridgehead atoms. The van der Waals surface area contributed by atoms with E-state index >= 15 is 0 Å². The Balaban J connectivity index is 2.00. The number of alkyl halides is 1. The fourth-order valence-corrected chi connectivity index (χ4v) is 2.73. The Hall–Kier alpha value is -0.250. The molecule has 0 radical (unpaired) electrons. The van der Waals surface area contributed by atoms with Crippen molar-refractivity contribution in [3.63, 3.8) is 0 Å². The average molecular weight is 306 g/mol. The van der Waals surface area contributed by atoms with Gasteiger partial charge in [-0.2, -0.15) is 0 Å². The van der Waals surface area contributed by atoms with E-state index in [0.717, 1.165) is 35.8 Å². The molecule has 1 aromatic rings. The molecule has 1 atom stereocenters. The maximum atomic E-state index is 6.08. The van der Waals surface area contributed by atoms with Crippen molar-refractivity contribution in [1.29, 1.82) is 0 Å². The van der Waals surface area contributed by atoms with Gasteiger partial charge in [0.15, 0.2) is 0 Å². The lowest BCUT2D eigenvalue weighted by atomic mass is 10.2. The van der Waals surface area contributed by atoms with Gasteiger partial charge in [0.2, 0.25) is 0 Å². The van der Waals surface area contributed by atoms with Crippen molar-refractivity contribution in [2.75, 3.05) is 13.2 Å². The van der Waals surface area contributed by atoms with Crippen LogP contribution in [-0.2, 0) is 10.1 Å². The summed E-state index contributed by atoms with van der Waals surface area (Å²) in [5.41, 5.74) is 1.00. The third kappa shape index (κ3) is 2.90. The molecule has 1 aliphatic heterocycles. The van der Waals surface area contributed by atoms with Crippen LogP contribution in [-0.4, -0.2) is 19.3 Å². The molecule has 1 aliphatic rings. The topological polar surface area (TPSA) is 18.5 Å². The minimum absolute atomic E-state index is 0.238. The summed E-state index contributed by atoms with van der Waals surface area (Å²) in [7, 11) is 0. The second-order valence-corrected chi connectivity index (χ2v) is 4.76. The van der Waals surface area contributed by atoms with Crippen LogP contribution in [0.15, 0.2) is 18.2 Å². The lowest BCUT2D eigenvalue weighted by molar-refractivity contribution is 0.0677. The summed E-state index contributed by atoms with van der Waals surface area (Å²) in [6, 6.07) is 5.72. The lowest BCUT2D eigenvalue weighted by Gasteiger charge is -2.14. The Morgan fingerprint density at radius 1 is 1.50 bits per heavy atom. The lowest BCUT2D eigenvalue weighted by Crippen LogP contribution is -2.16. The van der Waals surface area contributed by atoms with Crippen LogP contribution in [0.3, 0.4) is 0 Å². The standard InChI is InChI=1S/C12H14BrClO2/c13-7-10-11(14)4-1-5-12(10)16-8-9-3-2-6-15-9/h1,4-5,9H,2-3,6-8H2. The van der Waals surface area contributed by atoms with Gasteiger partial charge >= 0.3 is 0 Å². The van der Waals surface area contributed by atoms with Crippen LogP contribution >= 0.6 is 27.5 Å². The van der Waals surface area contributed by atoms with Crippen LogP contribution in [0.25, 0.3) is 0 Å². The normalized spacial score (nSPS) is 20.0. The van der Waals surface area contributed by atoms with E-state index in [2.05, 4.69) is 15.9 Å². The molecule has 2 rings (SSSR count). The number of halogens is 2.